The summed E-state index contributed by atoms with van der Waals surface area (Å²) in [6.45, 7) is 3.78. The zero-order valence-corrected chi connectivity index (χ0v) is 16.8. The summed E-state index contributed by atoms with van der Waals surface area (Å²) in [4.78, 5) is 11.4. The molecule has 0 aromatic rings. The van der Waals surface area contributed by atoms with Crippen LogP contribution in [0.4, 0.5) is 0 Å². The van der Waals surface area contributed by atoms with Crippen LogP contribution in [-0.2, 0) is 70.2 Å². The van der Waals surface area contributed by atoms with Gasteiger partial charge in [-0.15, -0.1) is 17.7 Å². The summed E-state index contributed by atoms with van der Waals surface area (Å²) in [6.07, 6.45) is 12.1. The Hall–Kier alpha value is 0.378. The van der Waals surface area contributed by atoms with Crippen molar-refractivity contribution in [2.75, 3.05) is 0 Å². The van der Waals surface area contributed by atoms with Crippen LogP contribution in [0.25, 0.3) is 0 Å². The molecule has 94 valence electrons. The molecule has 0 unspecified atom stereocenters. The third-order valence-electron chi connectivity index (χ3n) is 2.74. The summed E-state index contributed by atoms with van der Waals surface area (Å²) in [5.41, 5.74) is 3.40. The predicted octanol–water partition coefficient (Wildman–Crippen LogP) is 1.95. The van der Waals surface area contributed by atoms with Crippen molar-refractivity contribution in [1.29, 1.82) is 0 Å². The van der Waals surface area contributed by atoms with Gasteiger partial charge >= 0.3 is 0 Å². The van der Waals surface area contributed by atoms with Crippen LogP contribution in [0.1, 0.15) is 26.7 Å². The maximum absolute atomic E-state index is 11.4. The first kappa shape index (κ1) is 19.4. The maximum Gasteiger partial charge on any atom is 0.0149 e. The monoisotopic (exact) mass is 403 g/mol. The summed E-state index contributed by atoms with van der Waals surface area (Å²) in [5.74, 6) is -0.0912. The van der Waals surface area contributed by atoms with Gasteiger partial charge in [-0.1, -0.05) is 32.8 Å². The molecule has 2 nitrogen and oxygen atoms in total. The predicted molar refractivity (Wildman–Crippen MR) is 63.4 cm³/mol. The Morgan fingerprint density at radius 3 is 2.21 bits per heavy atom. The number of hydrogen-bond acceptors (Lipinski definition) is 2. The second kappa shape index (κ2) is 8.62. The van der Waals surface area contributed by atoms with Gasteiger partial charge in [0.05, 0.1) is 0 Å². The van der Waals surface area contributed by atoms with Crippen LogP contribution in [0.3, 0.4) is 0 Å². The van der Waals surface area contributed by atoms with Crippen molar-refractivity contribution in [2.24, 2.45) is 0 Å². The van der Waals surface area contributed by atoms with Gasteiger partial charge in [0.1, 0.15) is 0 Å². The molecule has 2 radical (unpaired) electrons. The van der Waals surface area contributed by atoms with E-state index in [4.69, 9.17) is 0 Å². The molecule has 0 fully saturated rings. The molecular formula is C15H13O2Y2-3. The molecule has 19 heavy (non-hydrogen) atoms. The first-order chi connectivity index (χ1) is 8.06. The summed E-state index contributed by atoms with van der Waals surface area (Å²) < 4.78 is 0. The molecular weight excluding hydrogens is 390 g/mol. The Bertz CT molecular complexity index is 520. The number of carbonyl (C=O) groups is 1. The van der Waals surface area contributed by atoms with Crippen molar-refractivity contribution in [3.8, 4) is 0 Å². The standard InChI is InChI=1S/C15H14O2.2Y/c1-10-6-12(14(16)8-10)4-3-5-13-7-11(2)9-15(13)17;;/h3-5,16H,6-7H2,1-2H3;;/q-2;;/p-1. The largest absolute Gasteiger partial charge is 0.899 e. The zero-order valence-electron chi connectivity index (χ0n) is 11.1. The van der Waals surface area contributed by atoms with Crippen LogP contribution in [0, 0.1) is 12.2 Å². The summed E-state index contributed by atoms with van der Waals surface area (Å²) in [6, 6.07) is 0. The van der Waals surface area contributed by atoms with E-state index in [2.05, 4.69) is 12.2 Å². The van der Waals surface area contributed by atoms with Gasteiger partial charge in [0.15, 0.2) is 0 Å². The van der Waals surface area contributed by atoms with Crippen LogP contribution in [0.15, 0.2) is 46.3 Å². The first-order valence-corrected chi connectivity index (χ1v) is 5.57. The van der Waals surface area contributed by atoms with Crippen LogP contribution < -0.4 is 5.11 Å². The average Bonchev–Trinajstić information content (AvgIpc) is 2.71. The molecule has 2 aliphatic carbocycles. The molecule has 0 saturated heterocycles. The fourth-order valence-electron chi connectivity index (χ4n) is 1.92. The molecule has 0 N–H and O–H groups in total. The first-order valence-electron chi connectivity index (χ1n) is 5.57. The van der Waals surface area contributed by atoms with Gasteiger partial charge in [-0.05, 0) is 0 Å². The van der Waals surface area contributed by atoms with Crippen molar-refractivity contribution >= 4 is 5.78 Å². The minimum atomic E-state index is -0.0456. The van der Waals surface area contributed by atoms with E-state index in [1.54, 1.807) is 18.2 Å². The molecule has 0 heterocycles. The molecule has 0 aromatic heterocycles. The Kier molecular flexibility index (Phi) is 8.79. The smallest absolute Gasteiger partial charge is 0.0149 e. The van der Waals surface area contributed by atoms with Crippen molar-refractivity contribution in [3.63, 3.8) is 0 Å². The molecule has 0 spiro atoms. The third kappa shape index (κ3) is 5.34. The van der Waals surface area contributed by atoms with E-state index < -0.39 is 0 Å². The van der Waals surface area contributed by atoms with E-state index in [1.165, 1.54) is 0 Å². The number of carbonyl (C=O) groups excluding carboxylic acids is 1. The Morgan fingerprint density at radius 2 is 1.74 bits per heavy atom. The normalized spacial score (nSPS) is 20.5. The molecule has 2 aliphatic rings. The number of ketones is 1. The van der Waals surface area contributed by atoms with Crippen LogP contribution in [0.5, 0.6) is 0 Å². The van der Waals surface area contributed by atoms with Crippen LogP contribution in [-0.4, -0.2) is 5.78 Å². The second-order valence-electron chi connectivity index (χ2n) is 4.40. The van der Waals surface area contributed by atoms with Gasteiger partial charge in [0.25, 0.3) is 0 Å². The van der Waals surface area contributed by atoms with Crippen molar-refractivity contribution in [3.05, 3.63) is 58.4 Å². The van der Waals surface area contributed by atoms with Gasteiger partial charge in [-0.2, -0.15) is 11.1 Å². The molecule has 0 amide bonds. The molecule has 0 bridgehead atoms. The van der Waals surface area contributed by atoms with E-state index in [9.17, 15) is 9.90 Å². The number of Topliss-reactive ketones (excluding diaryl/α,β-unsaturated/α-hetero) is 1. The minimum absolute atomic E-state index is 0. The summed E-state index contributed by atoms with van der Waals surface area (Å²) >= 11 is 0. The Labute approximate surface area is 164 Å². The molecule has 0 saturated carbocycles. The van der Waals surface area contributed by atoms with Gasteiger partial charge in [-0.3, -0.25) is 11.8 Å². The van der Waals surface area contributed by atoms with E-state index in [0.29, 0.717) is 12.8 Å². The van der Waals surface area contributed by atoms with Crippen molar-refractivity contribution < 1.29 is 75.3 Å². The third-order valence-corrected chi connectivity index (χ3v) is 2.74. The minimum Gasteiger partial charge on any atom is -0.899 e. The maximum atomic E-state index is 11.4. The second-order valence-corrected chi connectivity index (χ2v) is 4.40. The number of allylic oxidation sites excluding steroid dienone is 9. The molecule has 0 aliphatic heterocycles. The SMILES string of the molecule is CC1=[C-]C(=O)C(=CC=CC2=C([O-])[C-]=C(C)C2)C1.[Y].[Y]. The average molecular weight is 403 g/mol. The molecule has 0 aromatic carbocycles. The molecule has 4 heteroatoms. The van der Waals surface area contributed by atoms with Gasteiger partial charge in [0.2, 0.25) is 0 Å². The summed E-state index contributed by atoms with van der Waals surface area (Å²) in [7, 11) is 0. The van der Waals surface area contributed by atoms with Gasteiger partial charge in [0, 0.05) is 71.2 Å². The quantitative estimate of drug-likeness (QED) is 0.523. The van der Waals surface area contributed by atoms with Crippen LogP contribution >= 0.6 is 0 Å². The van der Waals surface area contributed by atoms with E-state index >= 15 is 0 Å². The van der Waals surface area contributed by atoms with Gasteiger partial charge < -0.3 is 9.90 Å². The van der Waals surface area contributed by atoms with E-state index in [-0.39, 0.29) is 77.0 Å². The Morgan fingerprint density at radius 1 is 1.11 bits per heavy atom. The van der Waals surface area contributed by atoms with Crippen molar-refractivity contribution in [2.45, 2.75) is 26.7 Å². The molecule has 0 atom stereocenters. The fourth-order valence-corrected chi connectivity index (χ4v) is 1.92. The number of rotatable bonds is 2. The van der Waals surface area contributed by atoms with E-state index in [1.807, 2.05) is 13.8 Å². The fraction of sp³-hybridized carbons (Fsp3) is 0.267. The topological polar surface area (TPSA) is 40.1 Å². The van der Waals surface area contributed by atoms with E-state index in [0.717, 1.165) is 22.3 Å². The zero-order chi connectivity index (χ0) is 12.4. The van der Waals surface area contributed by atoms with Crippen molar-refractivity contribution in [1.82, 2.24) is 0 Å². The van der Waals surface area contributed by atoms with Crippen LogP contribution in [0.2, 0.25) is 0 Å². The Balaban J connectivity index is 0.00000162. The molecule has 2 rings (SSSR count). The summed E-state index contributed by atoms with van der Waals surface area (Å²) in [5, 5.41) is 11.4. The van der Waals surface area contributed by atoms with Gasteiger partial charge in [-0.25, -0.2) is 11.6 Å². The number of hydrogen-bond donors (Lipinski definition) is 0.